The SMILES string of the molecule is CCCCNC(=O)c1ccc(CSc2nccn2C)cc1. The monoisotopic (exact) mass is 303 g/mol. The molecule has 0 unspecified atom stereocenters. The van der Waals surface area contributed by atoms with Crippen LogP contribution in [-0.2, 0) is 12.8 Å². The lowest BCUT2D eigenvalue weighted by atomic mass is 10.1. The van der Waals surface area contributed by atoms with Gasteiger partial charge >= 0.3 is 0 Å². The lowest BCUT2D eigenvalue weighted by molar-refractivity contribution is 0.0953. The van der Waals surface area contributed by atoms with Crippen molar-refractivity contribution < 1.29 is 4.79 Å². The number of hydrogen-bond donors (Lipinski definition) is 1. The molecule has 1 amide bonds. The molecule has 2 rings (SSSR count). The van der Waals surface area contributed by atoms with Gasteiger partial charge in [-0.25, -0.2) is 4.98 Å². The number of hydrogen-bond acceptors (Lipinski definition) is 3. The molecule has 0 aliphatic carbocycles. The maximum atomic E-state index is 11.9. The average molecular weight is 303 g/mol. The number of aromatic nitrogens is 2. The minimum atomic E-state index is 0.00625. The number of imidazole rings is 1. The Bertz CT molecular complexity index is 577. The fourth-order valence-electron chi connectivity index (χ4n) is 1.87. The van der Waals surface area contributed by atoms with Crippen molar-refractivity contribution in [3.05, 3.63) is 47.8 Å². The van der Waals surface area contributed by atoms with Gasteiger partial charge in [0.25, 0.3) is 5.91 Å². The van der Waals surface area contributed by atoms with E-state index >= 15 is 0 Å². The summed E-state index contributed by atoms with van der Waals surface area (Å²) in [6.45, 7) is 2.85. The number of rotatable bonds is 7. The zero-order chi connectivity index (χ0) is 15.1. The summed E-state index contributed by atoms with van der Waals surface area (Å²) in [6, 6.07) is 7.78. The highest BCUT2D eigenvalue weighted by atomic mass is 32.2. The van der Waals surface area contributed by atoms with E-state index in [0.29, 0.717) is 0 Å². The molecule has 4 nitrogen and oxygen atoms in total. The van der Waals surface area contributed by atoms with E-state index in [9.17, 15) is 4.79 Å². The van der Waals surface area contributed by atoms with E-state index in [1.165, 1.54) is 5.56 Å². The Morgan fingerprint density at radius 2 is 2.10 bits per heavy atom. The van der Waals surface area contributed by atoms with Gasteiger partial charge in [0.2, 0.25) is 0 Å². The first kappa shape index (κ1) is 15.6. The van der Waals surface area contributed by atoms with E-state index in [-0.39, 0.29) is 5.91 Å². The molecule has 0 aliphatic heterocycles. The lowest BCUT2D eigenvalue weighted by Crippen LogP contribution is -2.24. The van der Waals surface area contributed by atoms with Gasteiger partial charge in [-0.1, -0.05) is 37.2 Å². The summed E-state index contributed by atoms with van der Waals surface area (Å²) in [6.07, 6.45) is 5.84. The topological polar surface area (TPSA) is 46.9 Å². The number of carbonyl (C=O) groups is 1. The molecule has 0 aliphatic rings. The minimum absolute atomic E-state index is 0.00625. The van der Waals surface area contributed by atoms with E-state index in [0.717, 1.165) is 35.9 Å². The largest absolute Gasteiger partial charge is 0.352 e. The number of carbonyl (C=O) groups excluding carboxylic acids is 1. The van der Waals surface area contributed by atoms with Crippen molar-refractivity contribution in [2.75, 3.05) is 6.54 Å². The number of nitrogens with one attached hydrogen (secondary N) is 1. The van der Waals surface area contributed by atoms with Gasteiger partial charge in [0, 0.05) is 37.3 Å². The molecule has 1 heterocycles. The van der Waals surface area contributed by atoms with E-state index in [4.69, 9.17) is 0 Å². The third-order valence-electron chi connectivity index (χ3n) is 3.18. The summed E-state index contributed by atoms with van der Waals surface area (Å²) in [7, 11) is 1.99. The molecule has 2 aromatic rings. The van der Waals surface area contributed by atoms with Crippen LogP contribution in [0, 0.1) is 0 Å². The molecule has 1 aromatic carbocycles. The predicted molar refractivity (Wildman–Crippen MR) is 86.5 cm³/mol. The highest BCUT2D eigenvalue weighted by Gasteiger charge is 2.05. The fourth-order valence-corrected chi connectivity index (χ4v) is 2.76. The third kappa shape index (κ3) is 4.63. The molecule has 0 bridgehead atoms. The van der Waals surface area contributed by atoms with Crippen LogP contribution in [0.15, 0.2) is 41.8 Å². The number of amides is 1. The van der Waals surface area contributed by atoms with Crippen molar-refractivity contribution in [1.82, 2.24) is 14.9 Å². The number of thioether (sulfide) groups is 1. The van der Waals surface area contributed by atoms with Crippen LogP contribution in [0.4, 0.5) is 0 Å². The van der Waals surface area contributed by atoms with Gasteiger partial charge in [-0.05, 0) is 24.1 Å². The average Bonchev–Trinajstić information content (AvgIpc) is 2.91. The van der Waals surface area contributed by atoms with Crippen LogP contribution < -0.4 is 5.32 Å². The predicted octanol–water partition coefficient (Wildman–Crippen LogP) is 3.24. The molecule has 112 valence electrons. The smallest absolute Gasteiger partial charge is 0.251 e. The molecule has 0 atom stereocenters. The van der Waals surface area contributed by atoms with Gasteiger partial charge in [-0.15, -0.1) is 0 Å². The minimum Gasteiger partial charge on any atom is -0.352 e. The third-order valence-corrected chi connectivity index (χ3v) is 4.31. The van der Waals surface area contributed by atoms with Crippen molar-refractivity contribution in [2.24, 2.45) is 7.05 Å². The Hall–Kier alpha value is -1.75. The van der Waals surface area contributed by atoms with Gasteiger partial charge in [0.05, 0.1) is 0 Å². The zero-order valence-corrected chi connectivity index (χ0v) is 13.3. The molecular formula is C16H21N3OS. The normalized spacial score (nSPS) is 10.6. The standard InChI is InChI=1S/C16H21N3OS/c1-3-4-9-17-15(20)14-7-5-13(6-8-14)12-21-16-18-10-11-19(16)2/h5-8,10-11H,3-4,9,12H2,1-2H3,(H,17,20). The quantitative estimate of drug-likeness (QED) is 0.631. The molecule has 0 spiro atoms. The molecule has 5 heteroatoms. The maximum absolute atomic E-state index is 11.9. The van der Waals surface area contributed by atoms with E-state index in [2.05, 4.69) is 17.2 Å². The number of nitrogens with zero attached hydrogens (tertiary/aromatic N) is 2. The Morgan fingerprint density at radius 1 is 1.33 bits per heavy atom. The van der Waals surface area contributed by atoms with Crippen LogP contribution in [0.5, 0.6) is 0 Å². The molecule has 0 radical (unpaired) electrons. The highest BCUT2D eigenvalue weighted by Crippen LogP contribution is 2.20. The van der Waals surface area contributed by atoms with Gasteiger partial charge in [0.15, 0.2) is 5.16 Å². The van der Waals surface area contributed by atoms with Gasteiger partial charge in [0.1, 0.15) is 0 Å². The molecule has 21 heavy (non-hydrogen) atoms. The van der Waals surface area contributed by atoms with Gasteiger partial charge in [-0.2, -0.15) is 0 Å². The molecule has 1 N–H and O–H groups in total. The molecular weight excluding hydrogens is 282 g/mol. The fraction of sp³-hybridized carbons (Fsp3) is 0.375. The van der Waals surface area contributed by atoms with Crippen LogP contribution >= 0.6 is 11.8 Å². The lowest BCUT2D eigenvalue weighted by Gasteiger charge is -2.06. The van der Waals surface area contributed by atoms with E-state index in [1.54, 1.807) is 18.0 Å². The first-order valence-electron chi connectivity index (χ1n) is 7.18. The van der Waals surface area contributed by atoms with Crippen LogP contribution in [0.1, 0.15) is 35.7 Å². The Balaban J connectivity index is 1.87. The first-order chi connectivity index (χ1) is 10.2. The molecule has 0 saturated carbocycles. The summed E-state index contributed by atoms with van der Waals surface area (Å²) in [5.41, 5.74) is 1.91. The number of aryl methyl sites for hydroxylation is 1. The highest BCUT2D eigenvalue weighted by molar-refractivity contribution is 7.98. The number of benzene rings is 1. The van der Waals surface area contributed by atoms with Crippen molar-refractivity contribution in [3.8, 4) is 0 Å². The van der Waals surface area contributed by atoms with E-state index < -0.39 is 0 Å². The van der Waals surface area contributed by atoms with Crippen LogP contribution in [0.2, 0.25) is 0 Å². The number of unbranched alkanes of at least 4 members (excludes halogenated alkanes) is 1. The summed E-state index contributed by atoms with van der Waals surface area (Å²) in [4.78, 5) is 16.2. The Labute approximate surface area is 130 Å². The van der Waals surface area contributed by atoms with Crippen LogP contribution in [-0.4, -0.2) is 22.0 Å². The summed E-state index contributed by atoms with van der Waals surface area (Å²) in [5.74, 6) is 0.856. The Kier molecular flexibility index (Phi) is 5.87. The second kappa shape index (κ2) is 7.88. The summed E-state index contributed by atoms with van der Waals surface area (Å²) < 4.78 is 2.00. The second-order valence-corrected chi connectivity index (χ2v) is 5.86. The maximum Gasteiger partial charge on any atom is 0.251 e. The first-order valence-corrected chi connectivity index (χ1v) is 8.16. The van der Waals surface area contributed by atoms with E-state index in [1.807, 2.05) is 42.1 Å². The van der Waals surface area contributed by atoms with Crippen molar-refractivity contribution in [3.63, 3.8) is 0 Å². The van der Waals surface area contributed by atoms with Gasteiger partial charge in [-0.3, -0.25) is 4.79 Å². The van der Waals surface area contributed by atoms with Crippen molar-refractivity contribution in [2.45, 2.75) is 30.7 Å². The van der Waals surface area contributed by atoms with Crippen LogP contribution in [0.25, 0.3) is 0 Å². The van der Waals surface area contributed by atoms with Gasteiger partial charge < -0.3 is 9.88 Å². The second-order valence-electron chi connectivity index (χ2n) is 4.92. The molecule has 0 saturated heterocycles. The van der Waals surface area contributed by atoms with Crippen molar-refractivity contribution in [1.29, 1.82) is 0 Å². The van der Waals surface area contributed by atoms with Crippen molar-refractivity contribution >= 4 is 17.7 Å². The molecule has 0 fully saturated rings. The van der Waals surface area contributed by atoms with Crippen LogP contribution in [0.3, 0.4) is 0 Å². The summed E-state index contributed by atoms with van der Waals surface area (Å²) in [5, 5.41) is 3.92. The zero-order valence-electron chi connectivity index (χ0n) is 12.5. The summed E-state index contributed by atoms with van der Waals surface area (Å²) >= 11 is 1.69. The molecule has 1 aromatic heterocycles. The Morgan fingerprint density at radius 3 is 2.71 bits per heavy atom.